The molecule has 180 valence electrons. The van der Waals surface area contributed by atoms with Crippen molar-refractivity contribution in [3.05, 3.63) is 29.6 Å². The SMILES string of the molecule is CC1(OC(=O)N2CCC(C3CC3CCOc3ccc(CC(=O)N4CCC4)c(F)c3)CC2)CC1. The highest BCUT2D eigenvalue weighted by Gasteiger charge is 2.45. The molecule has 1 aromatic rings. The van der Waals surface area contributed by atoms with Crippen LogP contribution in [0, 0.1) is 23.6 Å². The molecule has 0 radical (unpaired) electrons. The van der Waals surface area contributed by atoms with E-state index < -0.39 is 0 Å². The molecule has 0 aromatic heterocycles. The predicted octanol–water partition coefficient (Wildman–Crippen LogP) is 4.41. The van der Waals surface area contributed by atoms with Crippen LogP contribution in [0.15, 0.2) is 18.2 Å². The van der Waals surface area contributed by atoms with Gasteiger partial charge in [-0.15, -0.1) is 0 Å². The summed E-state index contributed by atoms with van der Waals surface area (Å²) >= 11 is 0. The molecule has 2 amide bonds. The number of ether oxygens (including phenoxy) is 2. The van der Waals surface area contributed by atoms with Gasteiger partial charge in [0, 0.05) is 32.2 Å². The van der Waals surface area contributed by atoms with Crippen LogP contribution in [0.4, 0.5) is 9.18 Å². The zero-order valence-electron chi connectivity index (χ0n) is 19.6. The van der Waals surface area contributed by atoms with Crippen LogP contribution in [0.1, 0.15) is 57.4 Å². The third-order valence-corrected chi connectivity index (χ3v) is 8.00. The molecular weight excluding hydrogens is 423 g/mol. The maximum Gasteiger partial charge on any atom is 0.410 e. The third kappa shape index (κ3) is 5.44. The van der Waals surface area contributed by atoms with Crippen LogP contribution >= 0.6 is 0 Å². The summed E-state index contributed by atoms with van der Waals surface area (Å²) in [5.74, 6) is 2.22. The Hall–Kier alpha value is -2.31. The molecule has 7 heteroatoms. The van der Waals surface area contributed by atoms with E-state index in [1.807, 2.05) is 11.8 Å². The van der Waals surface area contributed by atoms with Gasteiger partial charge in [0.2, 0.25) is 5.91 Å². The number of hydrogen-bond donors (Lipinski definition) is 0. The van der Waals surface area contributed by atoms with Gasteiger partial charge in [0.25, 0.3) is 0 Å². The van der Waals surface area contributed by atoms with Crippen LogP contribution in [0.2, 0.25) is 0 Å². The standard InChI is InChI=1S/C26H35FN2O4/c1-26(8-9-26)33-25(31)29-12-5-18(6-13-29)22-15-19(22)7-14-32-21-4-3-20(23(27)17-21)16-24(30)28-10-2-11-28/h3-4,17-19,22H,2,5-16H2,1H3. The highest BCUT2D eigenvalue weighted by atomic mass is 19.1. The van der Waals surface area contributed by atoms with Gasteiger partial charge < -0.3 is 19.3 Å². The van der Waals surface area contributed by atoms with E-state index in [2.05, 4.69) is 0 Å². The van der Waals surface area contributed by atoms with E-state index >= 15 is 0 Å². The molecule has 33 heavy (non-hydrogen) atoms. The summed E-state index contributed by atoms with van der Waals surface area (Å²) in [6.07, 6.45) is 7.28. The first-order chi connectivity index (χ1) is 15.9. The smallest absolute Gasteiger partial charge is 0.410 e. The number of likely N-dealkylation sites (tertiary alicyclic amines) is 2. The summed E-state index contributed by atoms with van der Waals surface area (Å²) in [6.45, 7) is 5.75. The highest BCUT2D eigenvalue weighted by molar-refractivity contribution is 5.79. The quantitative estimate of drug-likeness (QED) is 0.579. The fourth-order valence-electron chi connectivity index (χ4n) is 5.17. The van der Waals surface area contributed by atoms with Crippen molar-refractivity contribution in [1.29, 1.82) is 0 Å². The number of nitrogens with zero attached hydrogens (tertiary/aromatic N) is 2. The zero-order chi connectivity index (χ0) is 23.0. The summed E-state index contributed by atoms with van der Waals surface area (Å²) in [4.78, 5) is 28.0. The van der Waals surface area contributed by atoms with Crippen molar-refractivity contribution in [3.8, 4) is 5.75 Å². The van der Waals surface area contributed by atoms with Crippen molar-refractivity contribution in [1.82, 2.24) is 9.80 Å². The van der Waals surface area contributed by atoms with Gasteiger partial charge in [0.1, 0.15) is 17.2 Å². The van der Waals surface area contributed by atoms with E-state index in [0.29, 0.717) is 29.8 Å². The summed E-state index contributed by atoms with van der Waals surface area (Å²) in [6, 6.07) is 4.84. The average Bonchev–Trinajstić information content (AvgIpc) is 3.67. The minimum atomic E-state index is -0.369. The first-order valence-electron chi connectivity index (χ1n) is 12.6. The van der Waals surface area contributed by atoms with Crippen molar-refractivity contribution < 1.29 is 23.5 Å². The van der Waals surface area contributed by atoms with E-state index in [1.165, 1.54) is 12.5 Å². The first kappa shape index (κ1) is 22.5. The fraction of sp³-hybridized carbons (Fsp3) is 0.692. The Morgan fingerprint density at radius 1 is 1.12 bits per heavy atom. The van der Waals surface area contributed by atoms with Gasteiger partial charge in [-0.05, 0) is 81.3 Å². The van der Waals surface area contributed by atoms with Crippen molar-refractivity contribution >= 4 is 12.0 Å². The summed E-state index contributed by atoms with van der Waals surface area (Å²) in [5, 5.41) is 0. The third-order valence-electron chi connectivity index (χ3n) is 8.00. The van der Waals surface area contributed by atoms with Crippen LogP contribution in [-0.2, 0) is 16.0 Å². The van der Waals surface area contributed by atoms with E-state index in [9.17, 15) is 14.0 Å². The number of carbonyl (C=O) groups excluding carboxylic acids is 2. The minimum absolute atomic E-state index is 0.00601. The molecule has 0 bridgehead atoms. The van der Waals surface area contributed by atoms with E-state index in [-0.39, 0.29) is 29.8 Å². The molecule has 5 rings (SSSR count). The van der Waals surface area contributed by atoms with E-state index in [0.717, 1.165) is 70.6 Å². The van der Waals surface area contributed by atoms with Gasteiger partial charge in [-0.2, -0.15) is 0 Å². The molecule has 4 aliphatic rings. The number of amides is 2. The second-order valence-corrected chi connectivity index (χ2v) is 10.6. The van der Waals surface area contributed by atoms with Crippen molar-refractivity contribution in [2.45, 2.75) is 63.9 Å². The van der Waals surface area contributed by atoms with E-state index in [4.69, 9.17) is 9.47 Å². The summed E-state index contributed by atoms with van der Waals surface area (Å²) in [5.41, 5.74) is 0.229. The number of halogens is 1. The Labute approximate surface area is 195 Å². The van der Waals surface area contributed by atoms with Crippen LogP contribution in [0.3, 0.4) is 0 Å². The Morgan fingerprint density at radius 3 is 2.52 bits per heavy atom. The summed E-state index contributed by atoms with van der Waals surface area (Å²) in [7, 11) is 0. The lowest BCUT2D eigenvalue weighted by Crippen LogP contribution is -2.42. The molecule has 2 aliphatic heterocycles. The molecule has 2 unspecified atom stereocenters. The molecule has 2 aliphatic carbocycles. The van der Waals surface area contributed by atoms with Crippen LogP contribution < -0.4 is 4.74 Å². The minimum Gasteiger partial charge on any atom is -0.493 e. The Kier molecular flexibility index (Phi) is 6.23. The number of rotatable bonds is 8. The number of benzene rings is 1. The maximum atomic E-state index is 14.4. The van der Waals surface area contributed by atoms with E-state index in [1.54, 1.807) is 17.0 Å². The first-order valence-corrected chi connectivity index (χ1v) is 12.6. The topological polar surface area (TPSA) is 59.1 Å². The molecular formula is C26H35FN2O4. The molecule has 0 N–H and O–H groups in total. The van der Waals surface area contributed by atoms with Gasteiger partial charge in [-0.3, -0.25) is 4.79 Å². The van der Waals surface area contributed by atoms with Crippen LogP contribution in [0.5, 0.6) is 5.75 Å². The van der Waals surface area contributed by atoms with Crippen molar-refractivity contribution in [2.24, 2.45) is 17.8 Å². The maximum absolute atomic E-state index is 14.4. The Balaban J connectivity index is 0.998. The zero-order valence-corrected chi connectivity index (χ0v) is 19.6. The van der Waals surface area contributed by atoms with Gasteiger partial charge in [-0.25, -0.2) is 9.18 Å². The van der Waals surface area contributed by atoms with Crippen LogP contribution in [-0.4, -0.2) is 60.2 Å². The number of piperidine rings is 1. The second kappa shape index (κ2) is 9.15. The molecule has 6 nitrogen and oxygen atoms in total. The molecule has 2 saturated carbocycles. The van der Waals surface area contributed by atoms with Gasteiger partial charge >= 0.3 is 6.09 Å². The number of hydrogen-bond acceptors (Lipinski definition) is 4. The lowest BCUT2D eigenvalue weighted by molar-refractivity contribution is -0.133. The predicted molar refractivity (Wildman–Crippen MR) is 121 cm³/mol. The normalized spacial score (nSPS) is 25.9. The fourth-order valence-corrected chi connectivity index (χ4v) is 5.17. The Bertz CT molecular complexity index is 890. The van der Waals surface area contributed by atoms with Gasteiger partial charge in [0.15, 0.2) is 0 Å². The monoisotopic (exact) mass is 458 g/mol. The largest absolute Gasteiger partial charge is 0.493 e. The van der Waals surface area contributed by atoms with Gasteiger partial charge in [-0.1, -0.05) is 6.07 Å². The average molecular weight is 459 g/mol. The lowest BCUT2D eigenvalue weighted by atomic mass is 9.91. The molecule has 2 heterocycles. The van der Waals surface area contributed by atoms with Crippen molar-refractivity contribution in [3.63, 3.8) is 0 Å². The second-order valence-electron chi connectivity index (χ2n) is 10.6. The number of carbonyl (C=O) groups is 2. The summed E-state index contributed by atoms with van der Waals surface area (Å²) < 4.78 is 25.8. The molecule has 2 atom stereocenters. The molecule has 2 saturated heterocycles. The molecule has 4 fully saturated rings. The van der Waals surface area contributed by atoms with Crippen molar-refractivity contribution in [2.75, 3.05) is 32.8 Å². The molecule has 0 spiro atoms. The van der Waals surface area contributed by atoms with Crippen LogP contribution in [0.25, 0.3) is 0 Å². The highest BCUT2D eigenvalue weighted by Crippen LogP contribution is 2.50. The lowest BCUT2D eigenvalue weighted by Gasteiger charge is -2.32. The molecule has 1 aromatic carbocycles. The van der Waals surface area contributed by atoms with Gasteiger partial charge in [0.05, 0.1) is 13.0 Å². The Morgan fingerprint density at radius 2 is 1.88 bits per heavy atom.